The minimum Gasteiger partial charge on any atom is -0.325 e. The van der Waals surface area contributed by atoms with E-state index in [-0.39, 0.29) is 0 Å². The maximum atomic E-state index is 5.39. The van der Waals surface area contributed by atoms with Crippen molar-refractivity contribution in [3.8, 4) is 0 Å². The van der Waals surface area contributed by atoms with Gasteiger partial charge in [0.25, 0.3) is 0 Å². The van der Waals surface area contributed by atoms with E-state index in [9.17, 15) is 0 Å². The van der Waals surface area contributed by atoms with Crippen molar-refractivity contribution in [3.05, 3.63) is 24.0 Å². The van der Waals surface area contributed by atoms with E-state index in [0.29, 0.717) is 13.2 Å². The van der Waals surface area contributed by atoms with Gasteiger partial charge in [-0.2, -0.15) is 0 Å². The zero-order chi connectivity index (χ0) is 7.40. The highest BCUT2D eigenvalue weighted by Crippen LogP contribution is 1.96. The lowest BCUT2D eigenvalue weighted by Gasteiger charge is -2.24. The molecule has 4 heteroatoms. The van der Waals surface area contributed by atoms with Gasteiger partial charge in [0.05, 0.1) is 6.67 Å². The molecule has 0 unspecified atom stereocenters. The molecule has 0 saturated carbocycles. The molecule has 0 saturated heterocycles. The molecule has 10 heavy (non-hydrogen) atoms. The summed E-state index contributed by atoms with van der Waals surface area (Å²) in [4.78, 5) is 0. The maximum absolute atomic E-state index is 5.39. The predicted molar refractivity (Wildman–Crippen MR) is 40.3 cm³/mol. The first-order valence-electron chi connectivity index (χ1n) is 3.17. The van der Waals surface area contributed by atoms with Gasteiger partial charge >= 0.3 is 0 Å². The molecule has 4 nitrogen and oxygen atoms in total. The lowest BCUT2D eigenvalue weighted by atomic mass is 10.3. The molecule has 5 N–H and O–H groups in total. The van der Waals surface area contributed by atoms with Gasteiger partial charge < -0.3 is 16.9 Å². The molecule has 0 aromatic heterocycles. The van der Waals surface area contributed by atoms with E-state index in [1.165, 1.54) is 0 Å². The van der Waals surface area contributed by atoms with Crippen molar-refractivity contribution in [2.45, 2.75) is 0 Å². The summed E-state index contributed by atoms with van der Waals surface area (Å²) < 4.78 is 0. The van der Waals surface area contributed by atoms with E-state index < -0.39 is 0 Å². The van der Waals surface area contributed by atoms with E-state index in [2.05, 4.69) is 5.43 Å². The second kappa shape index (κ2) is 3.24. The molecule has 56 valence electrons. The van der Waals surface area contributed by atoms with Gasteiger partial charge in [-0.1, -0.05) is 0 Å². The number of hydrazine groups is 1. The number of nitrogens with one attached hydrogen (secondary N) is 1. The van der Waals surface area contributed by atoms with Crippen LogP contribution >= 0.6 is 0 Å². The van der Waals surface area contributed by atoms with Crippen LogP contribution in [0.25, 0.3) is 0 Å². The van der Waals surface area contributed by atoms with Crippen LogP contribution < -0.4 is 16.9 Å². The summed E-state index contributed by atoms with van der Waals surface area (Å²) in [5.74, 6) is 0. The predicted octanol–water partition coefficient (Wildman–Crippen LogP) is -0.921. The molecule has 0 bridgehead atoms. The molecule has 0 atom stereocenters. The van der Waals surface area contributed by atoms with Crippen LogP contribution in [0.1, 0.15) is 0 Å². The van der Waals surface area contributed by atoms with Crippen molar-refractivity contribution in [2.75, 3.05) is 13.2 Å². The van der Waals surface area contributed by atoms with Gasteiger partial charge in [0.15, 0.2) is 0 Å². The van der Waals surface area contributed by atoms with Crippen molar-refractivity contribution in [1.82, 2.24) is 10.4 Å². The summed E-state index contributed by atoms with van der Waals surface area (Å²) in [5, 5.41) is 1.77. The van der Waals surface area contributed by atoms with Crippen LogP contribution in [-0.4, -0.2) is 18.2 Å². The Balaban J connectivity index is 2.50. The zero-order valence-electron chi connectivity index (χ0n) is 5.75. The third-order valence-corrected chi connectivity index (χ3v) is 1.27. The van der Waals surface area contributed by atoms with Gasteiger partial charge in [-0.05, 0) is 12.2 Å². The quantitative estimate of drug-likeness (QED) is 0.464. The van der Waals surface area contributed by atoms with Gasteiger partial charge in [0.1, 0.15) is 0 Å². The van der Waals surface area contributed by atoms with Crippen molar-refractivity contribution in [1.29, 1.82) is 0 Å². The third-order valence-electron chi connectivity index (χ3n) is 1.27. The van der Waals surface area contributed by atoms with Crippen LogP contribution in [0.5, 0.6) is 0 Å². The van der Waals surface area contributed by atoms with Crippen molar-refractivity contribution >= 4 is 0 Å². The molecule has 0 radical (unpaired) electrons. The Hall–Kier alpha value is -1.00. The van der Waals surface area contributed by atoms with Crippen LogP contribution in [0.15, 0.2) is 24.0 Å². The van der Waals surface area contributed by atoms with Gasteiger partial charge in [-0.15, -0.1) is 0 Å². The Labute approximate surface area is 60.1 Å². The highest BCUT2D eigenvalue weighted by molar-refractivity contribution is 5.15. The van der Waals surface area contributed by atoms with Crippen molar-refractivity contribution in [3.63, 3.8) is 0 Å². The Morgan fingerprint density at radius 2 is 2.30 bits per heavy atom. The number of nitrogens with zero attached hydrogens (tertiary/aromatic N) is 1. The molecular formula is C6H12N4. The first kappa shape index (κ1) is 7.11. The van der Waals surface area contributed by atoms with Gasteiger partial charge in [0, 0.05) is 18.4 Å². The van der Waals surface area contributed by atoms with Crippen LogP contribution in [-0.2, 0) is 0 Å². The molecular weight excluding hydrogens is 128 g/mol. The zero-order valence-corrected chi connectivity index (χ0v) is 5.75. The lowest BCUT2D eigenvalue weighted by molar-refractivity contribution is 0.305. The standard InChI is InChI=1S/C6H12N4/c7-4-6-2-1-3-10(5-8)9-6/h1-3,9H,4-5,7-8H2. The molecule has 0 aliphatic carbocycles. The van der Waals surface area contributed by atoms with Gasteiger partial charge in [-0.25, -0.2) is 0 Å². The largest absolute Gasteiger partial charge is 0.325 e. The first-order chi connectivity index (χ1) is 4.86. The van der Waals surface area contributed by atoms with Gasteiger partial charge in [0.2, 0.25) is 0 Å². The summed E-state index contributed by atoms with van der Waals surface area (Å²) in [5.41, 5.74) is 14.7. The Kier molecular flexibility index (Phi) is 2.30. The van der Waals surface area contributed by atoms with Crippen molar-refractivity contribution in [2.24, 2.45) is 11.5 Å². The van der Waals surface area contributed by atoms with E-state index in [1.807, 2.05) is 18.4 Å². The van der Waals surface area contributed by atoms with Crippen LogP contribution in [0.2, 0.25) is 0 Å². The summed E-state index contributed by atoms with van der Waals surface area (Å²) in [7, 11) is 0. The van der Waals surface area contributed by atoms with Crippen LogP contribution in [0, 0.1) is 0 Å². The van der Waals surface area contributed by atoms with E-state index >= 15 is 0 Å². The fraction of sp³-hybridized carbons (Fsp3) is 0.333. The molecule has 0 spiro atoms. The summed E-state index contributed by atoms with van der Waals surface area (Å²) in [6, 6.07) is 0. The Morgan fingerprint density at radius 1 is 1.50 bits per heavy atom. The fourth-order valence-corrected chi connectivity index (χ4v) is 0.742. The molecule has 0 fully saturated rings. The molecule has 0 aromatic carbocycles. The average Bonchev–Trinajstić information content (AvgIpc) is 2.05. The topological polar surface area (TPSA) is 67.3 Å². The van der Waals surface area contributed by atoms with Crippen LogP contribution in [0.3, 0.4) is 0 Å². The molecule has 0 aromatic rings. The number of allylic oxidation sites excluding steroid dienone is 2. The number of hydrogen-bond donors (Lipinski definition) is 3. The normalized spacial score (nSPS) is 16.6. The molecule has 1 aliphatic heterocycles. The van der Waals surface area contributed by atoms with E-state index in [1.54, 1.807) is 5.01 Å². The molecule has 0 amide bonds. The first-order valence-corrected chi connectivity index (χ1v) is 3.17. The fourth-order valence-electron chi connectivity index (χ4n) is 0.742. The monoisotopic (exact) mass is 140 g/mol. The van der Waals surface area contributed by atoms with Crippen LogP contribution in [0.4, 0.5) is 0 Å². The highest BCUT2D eigenvalue weighted by atomic mass is 15.5. The smallest absolute Gasteiger partial charge is 0.0856 e. The highest BCUT2D eigenvalue weighted by Gasteiger charge is 2.00. The Bertz CT molecular complexity index is 161. The molecule has 1 heterocycles. The minimum atomic E-state index is 0.452. The van der Waals surface area contributed by atoms with Gasteiger partial charge in [-0.3, -0.25) is 5.01 Å². The molecule has 1 aliphatic rings. The summed E-state index contributed by atoms with van der Waals surface area (Å²) in [6.07, 6.45) is 5.69. The van der Waals surface area contributed by atoms with E-state index in [0.717, 1.165) is 5.70 Å². The maximum Gasteiger partial charge on any atom is 0.0856 e. The summed E-state index contributed by atoms with van der Waals surface area (Å²) in [6.45, 7) is 0.967. The minimum absolute atomic E-state index is 0.452. The van der Waals surface area contributed by atoms with E-state index in [4.69, 9.17) is 11.5 Å². The average molecular weight is 140 g/mol. The SMILES string of the molecule is NCC1=CC=CN(CN)N1. The second-order valence-electron chi connectivity index (χ2n) is 2.00. The lowest BCUT2D eigenvalue weighted by Crippen LogP contribution is -2.40. The van der Waals surface area contributed by atoms with Crippen molar-refractivity contribution < 1.29 is 0 Å². The number of nitrogens with two attached hydrogens (primary N) is 2. The summed E-state index contributed by atoms with van der Waals surface area (Å²) >= 11 is 0. The third kappa shape index (κ3) is 1.49. The second-order valence-corrected chi connectivity index (χ2v) is 2.00. The number of hydrogen-bond acceptors (Lipinski definition) is 4. The molecule has 1 rings (SSSR count). The Morgan fingerprint density at radius 3 is 2.90 bits per heavy atom. The number of rotatable bonds is 2.